The van der Waals surface area contributed by atoms with Gasteiger partial charge in [-0.05, 0) is 59.2 Å². The van der Waals surface area contributed by atoms with Crippen LogP contribution in [0.2, 0.25) is 0 Å². The van der Waals surface area contributed by atoms with E-state index in [1.54, 1.807) is 4.57 Å². The van der Waals surface area contributed by atoms with Gasteiger partial charge >= 0.3 is 12.1 Å². The molecule has 1 aliphatic heterocycles. The molecular formula is C27H32N2O4. The van der Waals surface area contributed by atoms with Crippen LogP contribution in [0.3, 0.4) is 0 Å². The molecule has 0 spiro atoms. The van der Waals surface area contributed by atoms with Crippen molar-refractivity contribution in [3.8, 4) is 0 Å². The third kappa shape index (κ3) is 5.11. The molecule has 0 amide bonds. The van der Waals surface area contributed by atoms with E-state index >= 15 is 0 Å². The van der Waals surface area contributed by atoms with Crippen LogP contribution in [0.15, 0.2) is 60.7 Å². The molecule has 3 aromatic rings. The first kappa shape index (κ1) is 23.1. The summed E-state index contributed by atoms with van der Waals surface area (Å²) in [4.78, 5) is 28.5. The number of aromatic nitrogens is 1. The standard InChI is InChI=1S/C27H32N2O4/c1-26(2,3)32-24(30)23-22(28(23)17-18-12-8-7-9-13-18)21-16-19-14-10-11-15-20(19)29(21)25(31)33-27(4,5)6/h7-16,22-23H,17H2,1-6H3. The average Bonchev–Trinajstić information content (AvgIpc) is 3.26. The highest BCUT2D eigenvalue weighted by molar-refractivity contribution is 5.92. The molecule has 1 aromatic heterocycles. The molecule has 0 N–H and O–H groups in total. The molecule has 1 fully saturated rings. The largest absolute Gasteiger partial charge is 0.459 e. The van der Waals surface area contributed by atoms with Gasteiger partial charge in [-0.25, -0.2) is 9.36 Å². The summed E-state index contributed by atoms with van der Waals surface area (Å²) in [6.45, 7) is 11.7. The number of fused-ring (bicyclic) bond motifs is 1. The predicted octanol–water partition coefficient (Wildman–Crippen LogP) is 5.69. The summed E-state index contributed by atoms with van der Waals surface area (Å²) in [5.41, 5.74) is 1.35. The zero-order chi connectivity index (χ0) is 24.0. The van der Waals surface area contributed by atoms with Gasteiger partial charge in [-0.2, -0.15) is 0 Å². The van der Waals surface area contributed by atoms with Crippen molar-refractivity contribution in [2.75, 3.05) is 0 Å². The Morgan fingerprint density at radius 1 is 0.848 bits per heavy atom. The molecule has 3 unspecified atom stereocenters. The molecule has 0 aliphatic carbocycles. The van der Waals surface area contributed by atoms with Gasteiger partial charge in [-0.15, -0.1) is 0 Å². The van der Waals surface area contributed by atoms with Crippen LogP contribution in [0, 0.1) is 0 Å². The van der Waals surface area contributed by atoms with Crippen LogP contribution in [-0.4, -0.2) is 38.8 Å². The Kier molecular flexibility index (Phi) is 5.83. The van der Waals surface area contributed by atoms with Gasteiger partial charge in [0, 0.05) is 17.6 Å². The minimum absolute atomic E-state index is 0.288. The summed E-state index contributed by atoms with van der Waals surface area (Å²) in [5.74, 6) is -0.288. The molecular weight excluding hydrogens is 416 g/mol. The van der Waals surface area contributed by atoms with E-state index in [2.05, 4.69) is 4.90 Å². The summed E-state index contributed by atoms with van der Waals surface area (Å²) in [7, 11) is 0. The number of hydrogen-bond donors (Lipinski definition) is 0. The lowest BCUT2D eigenvalue weighted by atomic mass is 10.2. The zero-order valence-corrected chi connectivity index (χ0v) is 20.2. The van der Waals surface area contributed by atoms with Crippen LogP contribution in [0.1, 0.15) is 58.8 Å². The van der Waals surface area contributed by atoms with Gasteiger partial charge in [0.05, 0.1) is 11.6 Å². The first-order valence-corrected chi connectivity index (χ1v) is 11.3. The zero-order valence-electron chi connectivity index (χ0n) is 20.2. The van der Waals surface area contributed by atoms with Crippen molar-refractivity contribution in [3.63, 3.8) is 0 Å². The third-order valence-corrected chi connectivity index (χ3v) is 5.40. The normalized spacial score (nSPS) is 20.5. The lowest BCUT2D eigenvalue weighted by molar-refractivity contribution is -0.155. The fourth-order valence-corrected chi connectivity index (χ4v) is 4.13. The Bertz CT molecular complexity index is 1170. The van der Waals surface area contributed by atoms with Crippen molar-refractivity contribution in [1.82, 2.24) is 9.47 Å². The van der Waals surface area contributed by atoms with Crippen LogP contribution in [0.25, 0.3) is 10.9 Å². The molecule has 0 bridgehead atoms. The van der Waals surface area contributed by atoms with Crippen LogP contribution in [-0.2, 0) is 20.8 Å². The van der Waals surface area contributed by atoms with E-state index in [-0.39, 0.29) is 12.0 Å². The summed E-state index contributed by atoms with van der Waals surface area (Å²) in [6.07, 6.45) is -0.451. The molecule has 2 aromatic carbocycles. The quantitative estimate of drug-likeness (QED) is 0.379. The molecule has 2 heterocycles. The van der Waals surface area contributed by atoms with E-state index in [9.17, 15) is 9.59 Å². The summed E-state index contributed by atoms with van der Waals surface area (Å²) < 4.78 is 13.1. The molecule has 33 heavy (non-hydrogen) atoms. The van der Waals surface area contributed by atoms with Crippen LogP contribution in [0.5, 0.6) is 0 Å². The maximum Gasteiger partial charge on any atom is 0.419 e. The molecule has 0 radical (unpaired) electrons. The lowest BCUT2D eigenvalue weighted by Crippen LogP contribution is -2.29. The fraction of sp³-hybridized carbons (Fsp3) is 0.407. The number of carbonyl (C=O) groups excluding carboxylic acids is 2. The first-order chi connectivity index (χ1) is 15.4. The highest BCUT2D eigenvalue weighted by Gasteiger charge is 2.56. The Balaban J connectivity index is 1.75. The average molecular weight is 449 g/mol. The number of hydrogen-bond acceptors (Lipinski definition) is 5. The monoisotopic (exact) mass is 448 g/mol. The van der Waals surface area contributed by atoms with Gasteiger partial charge in [0.1, 0.15) is 17.2 Å². The Hall–Kier alpha value is -3.12. The van der Waals surface area contributed by atoms with E-state index < -0.39 is 23.3 Å². The fourth-order valence-electron chi connectivity index (χ4n) is 4.13. The number of para-hydroxylation sites is 1. The topological polar surface area (TPSA) is 60.5 Å². The molecule has 6 nitrogen and oxygen atoms in total. The van der Waals surface area contributed by atoms with Crippen LogP contribution >= 0.6 is 0 Å². The lowest BCUT2D eigenvalue weighted by Gasteiger charge is -2.21. The number of nitrogens with zero attached hydrogens (tertiary/aromatic N) is 2. The maximum absolute atomic E-state index is 13.3. The van der Waals surface area contributed by atoms with Gasteiger partial charge in [-0.1, -0.05) is 48.5 Å². The van der Waals surface area contributed by atoms with Crippen molar-refractivity contribution < 1.29 is 19.1 Å². The number of benzene rings is 2. The number of carbonyl (C=O) groups is 2. The maximum atomic E-state index is 13.3. The number of ether oxygens (including phenoxy) is 2. The predicted molar refractivity (Wildman–Crippen MR) is 128 cm³/mol. The second-order valence-corrected chi connectivity index (χ2v) is 10.5. The van der Waals surface area contributed by atoms with Gasteiger partial charge in [0.15, 0.2) is 0 Å². The van der Waals surface area contributed by atoms with E-state index in [1.807, 2.05) is 102 Å². The Morgan fingerprint density at radius 2 is 1.45 bits per heavy atom. The summed E-state index contributed by atoms with van der Waals surface area (Å²) in [6, 6.07) is 18.9. The minimum Gasteiger partial charge on any atom is -0.459 e. The molecule has 1 aliphatic rings. The highest BCUT2D eigenvalue weighted by atomic mass is 16.6. The smallest absolute Gasteiger partial charge is 0.419 e. The SMILES string of the molecule is CC(C)(C)OC(=O)C1C(c2cc3ccccc3n2C(=O)OC(C)(C)C)N1Cc1ccccc1. The van der Waals surface area contributed by atoms with Gasteiger partial charge in [0.25, 0.3) is 0 Å². The van der Waals surface area contributed by atoms with E-state index in [4.69, 9.17) is 9.47 Å². The molecule has 0 saturated carbocycles. The van der Waals surface area contributed by atoms with Crippen molar-refractivity contribution in [1.29, 1.82) is 0 Å². The van der Waals surface area contributed by atoms with E-state index in [0.717, 1.165) is 22.2 Å². The van der Waals surface area contributed by atoms with E-state index in [0.29, 0.717) is 6.54 Å². The second kappa shape index (κ2) is 8.34. The second-order valence-electron chi connectivity index (χ2n) is 10.5. The Labute approximate surface area is 195 Å². The van der Waals surface area contributed by atoms with Crippen molar-refractivity contribution in [3.05, 3.63) is 71.9 Å². The number of esters is 1. The van der Waals surface area contributed by atoms with Gasteiger partial charge < -0.3 is 9.47 Å². The highest BCUT2D eigenvalue weighted by Crippen LogP contribution is 2.47. The summed E-state index contributed by atoms with van der Waals surface area (Å²) in [5, 5.41) is 0.924. The molecule has 3 atom stereocenters. The third-order valence-electron chi connectivity index (χ3n) is 5.40. The molecule has 6 heteroatoms. The van der Waals surface area contributed by atoms with Gasteiger partial charge in [0.2, 0.25) is 0 Å². The minimum atomic E-state index is -0.641. The number of rotatable bonds is 4. The molecule has 1 saturated heterocycles. The van der Waals surface area contributed by atoms with Crippen LogP contribution in [0.4, 0.5) is 4.79 Å². The molecule has 4 rings (SSSR count). The van der Waals surface area contributed by atoms with Crippen molar-refractivity contribution >= 4 is 23.0 Å². The van der Waals surface area contributed by atoms with Crippen molar-refractivity contribution in [2.45, 2.75) is 71.4 Å². The Morgan fingerprint density at radius 3 is 2.09 bits per heavy atom. The van der Waals surface area contributed by atoms with Gasteiger partial charge in [-0.3, -0.25) is 9.69 Å². The summed E-state index contributed by atoms with van der Waals surface area (Å²) >= 11 is 0. The van der Waals surface area contributed by atoms with E-state index in [1.165, 1.54) is 0 Å². The molecule has 174 valence electrons. The van der Waals surface area contributed by atoms with Crippen molar-refractivity contribution in [2.24, 2.45) is 0 Å². The van der Waals surface area contributed by atoms with Crippen LogP contribution < -0.4 is 0 Å². The first-order valence-electron chi connectivity index (χ1n) is 11.3.